The van der Waals surface area contributed by atoms with Crippen LogP contribution in [-0.4, -0.2) is 43.5 Å². The monoisotopic (exact) mass is 333 g/mol. The molecule has 2 N–H and O–H groups in total. The summed E-state index contributed by atoms with van der Waals surface area (Å²) >= 11 is 1.73. The molecule has 122 valence electrons. The van der Waals surface area contributed by atoms with Gasteiger partial charge >= 0.3 is 6.03 Å². The molecular formula is C16H19N3O3S. The van der Waals surface area contributed by atoms with Crippen LogP contribution < -0.4 is 10.6 Å². The molecule has 0 bridgehead atoms. The fourth-order valence-electron chi connectivity index (χ4n) is 2.56. The van der Waals surface area contributed by atoms with Crippen molar-refractivity contribution in [3.05, 3.63) is 23.2 Å². The van der Waals surface area contributed by atoms with Crippen molar-refractivity contribution in [2.75, 3.05) is 31.7 Å². The molecule has 2 aromatic rings. The molecular weight excluding hydrogens is 314 g/mol. The Morgan fingerprint density at radius 2 is 2.26 bits per heavy atom. The summed E-state index contributed by atoms with van der Waals surface area (Å²) in [6.07, 6.45) is 2.43. The number of rotatable bonds is 4. The topological polar surface area (TPSA) is 72.5 Å². The highest BCUT2D eigenvalue weighted by atomic mass is 32.1. The number of hydrogen-bond donors (Lipinski definition) is 2. The molecule has 2 heterocycles. The van der Waals surface area contributed by atoms with Crippen LogP contribution in [-0.2, 0) is 9.47 Å². The third-order valence-electron chi connectivity index (χ3n) is 3.96. The molecule has 4 rings (SSSR count). The zero-order valence-corrected chi connectivity index (χ0v) is 13.5. The molecule has 1 aliphatic carbocycles. The van der Waals surface area contributed by atoms with Crippen LogP contribution in [0, 0.1) is 0 Å². The predicted octanol–water partition coefficient (Wildman–Crippen LogP) is 2.71. The number of fused-ring (bicyclic) bond motifs is 1. The lowest BCUT2D eigenvalue weighted by Gasteiger charge is -2.23. The highest BCUT2D eigenvalue weighted by Crippen LogP contribution is 2.43. The second-order valence-electron chi connectivity index (χ2n) is 5.91. The Bertz CT molecular complexity index is 708. The lowest BCUT2D eigenvalue weighted by molar-refractivity contribution is -0.0852. The number of nitrogens with zero attached hydrogens (tertiary/aromatic N) is 1. The number of nitrogens with one attached hydrogen (secondary N) is 2. The van der Waals surface area contributed by atoms with Crippen LogP contribution in [0.4, 0.5) is 10.5 Å². The van der Waals surface area contributed by atoms with Gasteiger partial charge < -0.3 is 20.1 Å². The van der Waals surface area contributed by atoms with E-state index in [1.54, 1.807) is 11.3 Å². The molecule has 0 unspecified atom stereocenters. The van der Waals surface area contributed by atoms with Gasteiger partial charge in [-0.25, -0.2) is 9.78 Å². The standard InChI is InChI=1S/C16H19N3O3S/c20-16(17-8-12-9-21-5-6-22-12)18-11-3-4-13-14(7-11)23-15(19-13)10-1-2-10/h3-4,7,10,12H,1-2,5-6,8-9H2,(H2,17,18,20)/t12-/m1/s1. The number of aromatic nitrogens is 1. The first-order valence-electron chi connectivity index (χ1n) is 7.92. The third-order valence-corrected chi connectivity index (χ3v) is 5.15. The van der Waals surface area contributed by atoms with Crippen molar-refractivity contribution >= 4 is 33.3 Å². The van der Waals surface area contributed by atoms with Gasteiger partial charge in [0.2, 0.25) is 0 Å². The van der Waals surface area contributed by atoms with E-state index < -0.39 is 0 Å². The SMILES string of the molecule is O=C(NC[C@@H]1COCCO1)Nc1ccc2nc(C3CC3)sc2c1. The maximum absolute atomic E-state index is 12.0. The number of amides is 2. The molecule has 1 aromatic carbocycles. The predicted molar refractivity (Wildman–Crippen MR) is 89.2 cm³/mol. The van der Waals surface area contributed by atoms with E-state index in [9.17, 15) is 4.79 Å². The molecule has 7 heteroatoms. The Morgan fingerprint density at radius 1 is 1.35 bits per heavy atom. The van der Waals surface area contributed by atoms with Crippen LogP contribution in [0.15, 0.2) is 18.2 Å². The lowest BCUT2D eigenvalue weighted by atomic mass is 10.3. The summed E-state index contributed by atoms with van der Waals surface area (Å²) in [4.78, 5) is 16.6. The second kappa shape index (κ2) is 6.43. The number of benzene rings is 1. The highest BCUT2D eigenvalue weighted by molar-refractivity contribution is 7.18. The summed E-state index contributed by atoms with van der Waals surface area (Å²) in [6, 6.07) is 5.60. The van der Waals surface area contributed by atoms with Crippen molar-refractivity contribution in [1.29, 1.82) is 0 Å². The molecule has 1 saturated carbocycles. The Hall–Kier alpha value is -1.70. The first kappa shape index (κ1) is 14.9. The fourth-order valence-corrected chi connectivity index (χ4v) is 3.74. The summed E-state index contributed by atoms with van der Waals surface area (Å²) in [5.74, 6) is 0.657. The summed E-state index contributed by atoms with van der Waals surface area (Å²) in [6.45, 7) is 2.18. The van der Waals surface area contributed by atoms with Crippen molar-refractivity contribution < 1.29 is 14.3 Å². The summed E-state index contributed by atoms with van der Waals surface area (Å²) < 4.78 is 11.9. The van der Waals surface area contributed by atoms with Crippen LogP contribution in [0.25, 0.3) is 10.2 Å². The second-order valence-corrected chi connectivity index (χ2v) is 6.97. The Balaban J connectivity index is 1.35. The average Bonchev–Trinajstić information content (AvgIpc) is 3.34. The van der Waals surface area contributed by atoms with Gasteiger partial charge in [0.15, 0.2) is 0 Å². The van der Waals surface area contributed by atoms with E-state index in [1.807, 2.05) is 18.2 Å². The molecule has 1 saturated heterocycles. The van der Waals surface area contributed by atoms with Crippen LogP contribution in [0.2, 0.25) is 0 Å². The van der Waals surface area contributed by atoms with Crippen molar-refractivity contribution in [1.82, 2.24) is 10.3 Å². The number of hydrogen-bond acceptors (Lipinski definition) is 5. The van der Waals surface area contributed by atoms with Crippen molar-refractivity contribution in [3.8, 4) is 0 Å². The van der Waals surface area contributed by atoms with Crippen LogP contribution in [0.3, 0.4) is 0 Å². The van der Waals surface area contributed by atoms with E-state index in [-0.39, 0.29) is 12.1 Å². The molecule has 2 amide bonds. The quantitative estimate of drug-likeness (QED) is 0.902. The van der Waals surface area contributed by atoms with E-state index in [2.05, 4.69) is 15.6 Å². The smallest absolute Gasteiger partial charge is 0.319 e. The maximum Gasteiger partial charge on any atom is 0.319 e. The molecule has 0 radical (unpaired) electrons. The van der Waals surface area contributed by atoms with Gasteiger partial charge in [0.1, 0.15) is 0 Å². The number of carbonyl (C=O) groups excluding carboxylic acids is 1. The van der Waals surface area contributed by atoms with E-state index in [0.717, 1.165) is 15.9 Å². The van der Waals surface area contributed by atoms with E-state index in [4.69, 9.17) is 9.47 Å². The number of ether oxygens (including phenoxy) is 2. The number of thiazole rings is 1. The van der Waals surface area contributed by atoms with E-state index in [0.29, 0.717) is 32.3 Å². The molecule has 0 spiro atoms. The van der Waals surface area contributed by atoms with Crippen molar-refractivity contribution in [2.24, 2.45) is 0 Å². The number of anilines is 1. The Labute approximate surface area is 138 Å². The maximum atomic E-state index is 12.0. The van der Waals surface area contributed by atoms with Gasteiger partial charge in [-0.2, -0.15) is 0 Å². The van der Waals surface area contributed by atoms with Gasteiger partial charge in [-0.1, -0.05) is 0 Å². The Morgan fingerprint density at radius 3 is 3.04 bits per heavy atom. The molecule has 1 aliphatic heterocycles. The highest BCUT2D eigenvalue weighted by Gasteiger charge is 2.27. The number of urea groups is 1. The fraction of sp³-hybridized carbons (Fsp3) is 0.500. The van der Waals surface area contributed by atoms with E-state index >= 15 is 0 Å². The van der Waals surface area contributed by atoms with Gasteiger partial charge in [-0.3, -0.25) is 0 Å². The zero-order chi connectivity index (χ0) is 15.6. The summed E-state index contributed by atoms with van der Waals surface area (Å²) in [5, 5.41) is 6.89. The van der Waals surface area contributed by atoms with Crippen LogP contribution in [0.1, 0.15) is 23.8 Å². The molecule has 6 nitrogen and oxygen atoms in total. The minimum Gasteiger partial charge on any atom is -0.376 e. The number of carbonyl (C=O) groups is 1. The molecule has 2 fully saturated rings. The molecule has 2 aliphatic rings. The van der Waals surface area contributed by atoms with Gasteiger partial charge in [0.05, 0.1) is 41.1 Å². The first-order chi connectivity index (χ1) is 11.3. The lowest BCUT2D eigenvalue weighted by Crippen LogP contribution is -2.41. The van der Waals surface area contributed by atoms with Crippen molar-refractivity contribution in [3.63, 3.8) is 0 Å². The third kappa shape index (κ3) is 3.63. The zero-order valence-electron chi connectivity index (χ0n) is 12.7. The average molecular weight is 333 g/mol. The van der Waals surface area contributed by atoms with Gasteiger partial charge in [0.25, 0.3) is 0 Å². The van der Waals surface area contributed by atoms with Gasteiger partial charge in [-0.05, 0) is 31.0 Å². The van der Waals surface area contributed by atoms with E-state index in [1.165, 1.54) is 17.8 Å². The first-order valence-corrected chi connectivity index (χ1v) is 8.74. The molecule has 1 atom stereocenters. The summed E-state index contributed by atoms with van der Waals surface area (Å²) in [7, 11) is 0. The van der Waals surface area contributed by atoms with Crippen LogP contribution >= 0.6 is 11.3 Å². The molecule has 23 heavy (non-hydrogen) atoms. The molecule has 1 aromatic heterocycles. The minimum absolute atomic E-state index is 0.0698. The van der Waals surface area contributed by atoms with Crippen LogP contribution in [0.5, 0.6) is 0 Å². The Kier molecular flexibility index (Phi) is 4.15. The van der Waals surface area contributed by atoms with Gasteiger partial charge in [-0.15, -0.1) is 11.3 Å². The van der Waals surface area contributed by atoms with Crippen molar-refractivity contribution in [2.45, 2.75) is 24.9 Å². The normalized spacial score (nSPS) is 21.3. The largest absolute Gasteiger partial charge is 0.376 e. The minimum atomic E-state index is -0.231. The van der Waals surface area contributed by atoms with Gasteiger partial charge in [0, 0.05) is 18.2 Å². The summed E-state index contributed by atoms with van der Waals surface area (Å²) in [5.41, 5.74) is 1.79.